The highest BCUT2D eigenvalue weighted by Gasteiger charge is 2.54. The van der Waals surface area contributed by atoms with Crippen LogP contribution < -0.4 is 0 Å². The highest BCUT2D eigenvalue weighted by atomic mass is 16.4. The van der Waals surface area contributed by atoms with Crippen molar-refractivity contribution >= 4 is 6.29 Å². The maximum absolute atomic E-state index is 9.09. The van der Waals surface area contributed by atoms with Crippen LogP contribution in [0.25, 0.3) is 0 Å². The van der Waals surface area contributed by atoms with Crippen molar-refractivity contribution in [2.75, 3.05) is 14.2 Å². The number of allylic oxidation sites excluding steroid dienone is 2. The predicted molar refractivity (Wildman–Crippen MR) is 110 cm³/mol. The first kappa shape index (κ1) is 22.2. The van der Waals surface area contributed by atoms with Crippen molar-refractivity contribution < 1.29 is 9.53 Å². The fraction of sp³-hybridized carbons (Fsp3) is 0.833. The number of methoxy groups -OCH3 is 1. The van der Waals surface area contributed by atoms with Gasteiger partial charge >= 0.3 is 0 Å². The lowest BCUT2D eigenvalue weighted by atomic mass is 9.50. The topological polar surface area (TPSA) is 50.1 Å². The largest absolute Gasteiger partial charge is 0.388 e. The Bertz CT molecular complexity index is 549. The molecule has 27 heavy (non-hydrogen) atoms. The van der Waals surface area contributed by atoms with Crippen LogP contribution in [0.15, 0.2) is 11.6 Å². The normalized spacial score (nSPS) is 40.7. The van der Waals surface area contributed by atoms with Crippen molar-refractivity contribution in [2.24, 2.45) is 35.0 Å². The van der Waals surface area contributed by atoms with E-state index in [2.05, 4.69) is 17.7 Å². The minimum Gasteiger partial charge on any atom is -0.388 e. The zero-order chi connectivity index (χ0) is 19.9. The van der Waals surface area contributed by atoms with Gasteiger partial charge in [-0.2, -0.15) is 5.26 Å². The summed E-state index contributed by atoms with van der Waals surface area (Å²) in [6.07, 6.45) is 17.0. The third-order valence-corrected chi connectivity index (χ3v) is 7.97. The number of nitriles is 1. The molecule has 0 aromatic heterocycles. The summed E-state index contributed by atoms with van der Waals surface area (Å²) in [6, 6.07) is 2.32. The molecule has 152 valence electrons. The van der Waals surface area contributed by atoms with E-state index in [0.29, 0.717) is 5.41 Å². The third kappa shape index (κ3) is 4.65. The maximum atomic E-state index is 9.09. The van der Waals surface area contributed by atoms with Crippen LogP contribution in [0.1, 0.15) is 78.1 Å². The van der Waals surface area contributed by atoms with Crippen LogP contribution in [-0.4, -0.2) is 20.5 Å². The zero-order valence-corrected chi connectivity index (χ0v) is 17.9. The molecule has 0 N–H and O–H groups in total. The highest BCUT2D eigenvalue weighted by molar-refractivity contribution is 5.44. The molecule has 0 bridgehead atoms. The Morgan fingerprint density at radius 2 is 1.70 bits per heavy atom. The molecule has 3 heteroatoms. The molecule has 0 heterocycles. The van der Waals surface area contributed by atoms with Crippen molar-refractivity contribution in [3.05, 3.63) is 11.6 Å². The van der Waals surface area contributed by atoms with Gasteiger partial charge in [-0.05, 0) is 86.9 Å². The van der Waals surface area contributed by atoms with Gasteiger partial charge in [0.15, 0.2) is 0 Å². The quantitative estimate of drug-likeness (QED) is 0.389. The van der Waals surface area contributed by atoms with Crippen LogP contribution >= 0.6 is 0 Å². The van der Waals surface area contributed by atoms with Crippen molar-refractivity contribution in [3.63, 3.8) is 0 Å². The number of hydrogen-bond donors (Lipinski definition) is 0. The minimum absolute atomic E-state index is 0.373. The van der Waals surface area contributed by atoms with Crippen LogP contribution in [0.2, 0.25) is 0 Å². The molecule has 4 aliphatic carbocycles. The molecule has 0 aromatic rings. The van der Waals surface area contributed by atoms with Gasteiger partial charge in [-0.1, -0.05) is 31.8 Å². The lowest BCUT2D eigenvalue weighted by molar-refractivity contribution is -0.106. The average Bonchev–Trinajstić information content (AvgIpc) is 3.00. The zero-order valence-electron chi connectivity index (χ0n) is 17.9. The van der Waals surface area contributed by atoms with Gasteiger partial charge in [0.05, 0.1) is 6.07 Å². The summed E-state index contributed by atoms with van der Waals surface area (Å²) < 4.78 is 4.25. The van der Waals surface area contributed by atoms with Crippen molar-refractivity contribution in [1.29, 1.82) is 5.26 Å². The third-order valence-electron chi connectivity index (χ3n) is 7.97. The second kappa shape index (κ2) is 10.4. The standard InChI is InChI=1S/C20H29N.C2H6O.C2H4O/c1-20-12-10-17-16-5-3-2-4-14(16)6-8-18(17)19(20)9-7-15(20)11-13-21;1-3-2;1-2-3/h11,14,16-19H,2-10,12H2,1H3;1-2H3;2H,1H3/b15-11-;;. The van der Waals surface area contributed by atoms with Gasteiger partial charge in [0.1, 0.15) is 6.29 Å². The van der Waals surface area contributed by atoms with E-state index in [1.54, 1.807) is 14.2 Å². The molecule has 4 saturated carbocycles. The van der Waals surface area contributed by atoms with Gasteiger partial charge in [-0.15, -0.1) is 0 Å². The van der Waals surface area contributed by atoms with Gasteiger partial charge in [-0.25, -0.2) is 0 Å². The number of nitrogens with zero attached hydrogens (tertiary/aromatic N) is 1. The van der Waals surface area contributed by atoms with E-state index < -0.39 is 0 Å². The molecular formula is C24H39NO2. The lowest BCUT2D eigenvalue weighted by Crippen LogP contribution is -2.46. The molecule has 0 radical (unpaired) electrons. The van der Waals surface area contributed by atoms with E-state index >= 15 is 0 Å². The van der Waals surface area contributed by atoms with Gasteiger partial charge in [-0.3, -0.25) is 0 Å². The molecule has 0 spiro atoms. The Kier molecular flexibility index (Phi) is 8.55. The summed E-state index contributed by atoms with van der Waals surface area (Å²) in [5, 5.41) is 9.09. The number of rotatable bonds is 0. The number of carbonyl (C=O) groups is 1. The van der Waals surface area contributed by atoms with Crippen molar-refractivity contribution in [3.8, 4) is 6.07 Å². The van der Waals surface area contributed by atoms with Crippen molar-refractivity contribution in [1.82, 2.24) is 0 Å². The highest BCUT2D eigenvalue weighted by Crippen LogP contribution is 2.63. The Balaban J connectivity index is 0.000000389. The molecular weight excluding hydrogens is 334 g/mol. The SMILES string of the molecule is CC12CCC3C4CCCCC4CCC3C1CC/C2=C/C#N.CC=O.COC. The molecule has 0 aromatic carbocycles. The maximum Gasteiger partial charge on any atom is 0.116 e. The van der Waals surface area contributed by atoms with E-state index in [9.17, 15) is 0 Å². The summed E-state index contributed by atoms with van der Waals surface area (Å²) in [5.74, 6) is 5.03. The summed E-state index contributed by atoms with van der Waals surface area (Å²) >= 11 is 0. The first-order chi connectivity index (χ1) is 13.1. The van der Waals surface area contributed by atoms with E-state index in [1.807, 2.05) is 6.08 Å². The number of fused-ring (bicyclic) bond motifs is 5. The Hall–Kier alpha value is -1.14. The molecule has 0 saturated heterocycles. The van der Waals surface area contributed by atoms with Crippen LogP contribution in [0.4, 0.5) is 0 Å². The van der Waals surface area contributed by atoms with Crippen LogP contribution in [0.5, 0.6) is 0 Å². The van der Waals surface area contributed by atoms with Gasteiger partial charge in [0.25, 0.3) is 0 Å². The molecule has 4 aliphatic rings. The van der Waals surface area contributed by atoms with E-state index in [0.717, 1.165) is 35.9 Å². The molecule has 0 aliphatic heterocycles. The molecule has 4 rings (SSSR count). The monoisotopic (exact) mass is 373 g/mol. The van der Waals surface area contributed by atoms with E-state index in [4.69, 9.17) is 10.1 Å². The van der Waals surface area contributed by atoms with E-state index in [-0.39, 0.29) is 0 Å². The summed E-state index contributed by atoms with van der Waals surface area (Å²) in [5.41, 5.74) is 1.86. The fourth-order valence-corrected chi connectivity index (χ4v) is 6.99. The summed E-state index contributed by atoms with van der Waals surface area (Å²) in [6.45, 7) is 3.93. The number of ether oxygens (including phenoxy) is 1. The van der Waals surface area contributed by atoms with Crippen LogP contribution in [0, 0.1) is 46.3 Å². The second-order valence-corrected chi connectivity index (χ2v) is 9.16. The Morgan fingerprint density at radius 1 is 1.04 bits per heavy atom. The van der Waals surface area contributed by atoms with Gasteiger partial charge in [0, 0.05) is 20.3 Å². The van der Waals surface area contributed by atoms with Crippen LogP contribution in [0.3, 0.4) is 0 Å². The van der Waals surface area contributed by atoms with E-state index in [1.165, 1.54) is 76.7 Å². The molecule has 6 atom stereocenters. The van der Waals surface area contributed by atoms with Gasteiger partial charge < -0.3 is 9.53 Å². The van der Waals surface area contributed by atoms with Gasteiger partial charge in [0.2, 0.25) is 0 Å². The molecule has 0 amide bonds. The Labute approximate surface area is 166 Å². The first-order valence-corrected chi connectivity index (χ1v) is 11.0. The summed E-state index contributed by atoms with van der Waals surface area (Å²) in [7, 11) is 3.25. The predicted octanol–water partition coefficient (Wildman–Crippen LogP) is 5.95. The molecule has 4 fully saturated rings. The number of aldehydes is 1. The molecule has 3 nitrogen and oxygen atoms in total. The minimum atomic E-state index is 0.373. The average molecular weight is 374 g/mol. The number of hydrogen-bond acceptors (Lipinski definition) is 3. The number of carbonyl (C=O) groups excluding carboxylic acids is 1. The second-order valence-electron chi connectivity index (χ2n) is 9.16. The smallest absolute Gasteiger partial charge is 0.116 e. The lowest BCUT2D eigenvalue weighted by Gasteiger charge is -2.55. The first-order valence-electron chi connectivity index (χ1n) is 11.0. The Morgan fingerprint density at radius 3 is 2.37 bits per heavy atom. The van der Waals surface area contributed by atoms with Crippen molar-refractivity contribution in [2.45, 2.75) is 78.1 Å². The molecule has 6 unspecified atom stereocenters. The van der Waals surface area contributed by atoms with Crippen LogP contribution in [-0.2, 0) is 9.53 Å². The summed E-state index contributed by atoms with van der Waals surface area (Å²) in [4.78, 5) is 8.81. The fourth-order valence-electron chi connectivity index (χ4n) is 6.99.